The number of hydrogen-bond donors (Lipinski definition) is 1. The molecule has 0 saturated carbocycles. The zero-order valence-corrected chi connectivity index (χ0v) is 13.7. The fourth-order valence-electron chi connectivity index (χ4n) is 2.23. The molecule has 8 heteroatoms. The number of ether oxygens (including phenoxy) is 1. The Bertz CT molecular complexity index is 892. The quantitative estimate of drug-likeness (QED) is 0.771. The van der Waals surface area contributed by atoms with Crippen molar-refractivity contribution in [2.75, 3.05) is 11.9 Å². The van der Waals surface area contributed by atoms with Crippen LogP contribution in [0.15, 0.2) is 42.7 Å². The van der Waals surface area contributed by atoms with E-state index in [1.807, 2.05) is 19.9 Å². The lowest BCUT2D eigenvalue weighted by Crippen LogP contribution is -2.20. The average molecular weight is 341 g/mol. The average Bonchev–Trinajstić information content (AvgIpc) is 2.93. The predicted octanol–water partition coefficient (Wildman–Crippen LogP) is 2.44. The molecule has 2 heterocycles. The number of benzene rings is 1. The molecule has 0 aliphatic rings. The van der Waals surface area contributed by atoms with E-state index in [1.54, 1.807) is 16.8 Å². The van der Waals surface area contributed by atoms with Gasteiger partial charge in [0.2, 0.25) is 0 Å². The van der Waals surface area contributed by atoms with Crippen molar-refractivity contribution in [1.29, 1.82) is 0 Å². The van der Waals surface area contributed by atoms with Gasteiger partial charge in [-0.2, -0.15) is 5.10 Å². The van der Waals surface area contributed by atoms with E-state index < -0.39 is 11.7 Å². The molecule has 1 N–H and O–H groups in total. The van der Waals surface area contributed by atoms with Crippen LogP contribution in [0.2, 0.25) is 0 Å². The smallest absolute Gasteiger partial charge is 0.262 e. The van der Waals surface area contributed by atoms with Gasteiger partial charge in [-0.1, -0.05) is 12.1 Å². The summed E-state index contributed by atoms with van der Waals surface area (Å²) in [6, 6.07) is 7.80. The summed E-state index contributed by atoms with van der Waals surface area (Å²) < 4.78 is 20.2. The minimum atomic E-state index is -0.520. The first-order valence-corrected chi connectivity index (χ1v) is 7.56. The lowest BCUT2D eigenvalue weighted by molar-refractivity contribution is -0.118. The summed E-state index contributed by atoms with van der Waals surface area (Å²) in [6.07, 6.45) is 2.94. The van der Waals surface area contributed by atoms with E-state index in [9.17, 15) is 9.18 Å². The minimum Gasteiger partial charge on any atom is -0.481 e. The number of aromatic nitrogens is 4. The molecule has 0 aliphatic heterocycles. The largest absolute Gasteiger partial charge is 0.481 e. The SMILES string of the molecule is Cc1cc(C)n(-c2ncc(NC(=O)COc3ccccc3F)cn2)n1. The predicted molar refractivity (Wildman–Crippen MR) is 89.2 cm³/mol. The molecule has 128 valence electrons. The Balaban J connectivity index is 1.60. The van der Waals surface area contributed by atoms with Crippen LogP contribution in [0.1, 0.15) is 11.4 Å². The second-order valence-electron chi connectivity index (χ2n) is 5.38. The molecule has 0 fully saturated rings. The van der Waals surface area contributed by atoms with Crippen molar-refractivity contribution in [2.45, 2.75) is 13.8 Å². The van der Waals surface area contributed by atoms with Crippen molar-refractivity contribution in [3.05, 3.63) is 59.9 Å². The van der Waals surface area contributed by atoms with Crippen LogP contribution in [-0.2, 0) is 4.79 Å². The second-order valence-corrected chi connectivity index (χ2v) is 5.38. The van der Waals surface area contributed by atoms with Gasteiger partial charge in [0.1, 0.15) is 0 Å². The van der Waals surface area contributed by atoms with Crippen molar-refractivity contribution in [1.82, 2.24) is 19.7 Å². The highest BCUT2D eigenvalue weighted by molar-refractivity contribution is 5.91. The first-order valence-electron chi connectivity index (χ1n) is 7.56. The Morgan fingerprint density at radius 3 is 2.60 bits per heavy atom. The van der Waals surface area contributed by atoms with E-state index in [2.05, 4.69) is 20.4 Å². The van der Waals surface area contributed by atoms with Crippen LogP contribution in [0.25, 0.3) is 5.95 Å². The first kappa shape index (κ1) is 16.6. The van der Waals surface area contributed by atoms with Gasteiger partial charge in [-0.15, -0.1) is 0 Å². The van der Waals surface area contributed by atoms with Crippen molar-refractivity contribution >= 4 is 11.6 Å². The fraction of sp³-hybridized carbons (Fsp3) is 0.176. The Hall–Kier alpha value is -3.29. The van der Waals surface area contributed by atoms with E-state index in [1.165, 1.54) is 24.5 Å². The van der Waals surface area contributed by atoms with Crippen LogP contribution in [0, 0.1) is 19.7 Å². The van der Waals surface area contributed by atoms with E-state index in [-0.39, 0.29) is 12.4 Å². The number of anilines is 1. The van der Waals surface area contributed by atoms with Gasteiger partial charge in [0.15, 0.2) is 18.2 Å². The molecule has 0 bridgehead atoms. The number of halogens is 1. The van der Waals surface area contributed by atoms with Crippen LogP contribution >= 0.6 is 0 Å². The highest BCUT2D eigenvalue weighted by Gasteiger charge is 2.09. The van der Waals surface area contributed by atoms with Gasteiger partial charge >= 0.3 is 0 Å². The lowest BCUT2D eigenvalue weighted by atomic mass is 10.3. The van der Waals surface area contributed by atoms with Crippen molar-refractivity contribution in [2.24, 2.45) is 0 Å². The molecular weight excluding hydrogens is 325 g/mol. The molecule has 0 atom stereocenters. The molecule has 3 rings (SSSR count). The number of para-hydroxylation sites is 1. The highest BCUT2D eigenvalue weighted by Crippen LogP contribution is 2.15. The van der Waals surface area contributed by atoms with E-state index >= 15 is 0 Å². The number of nitrogens with one attached hydrogen (secondary N) is 1. The molecule has 25 heavy (non-hydrogen) atoms. The number of carbonyl (C=O) groups is 1. The Kier molecular flexibility index (Phi) is 4.69. The Labute approximate surface area is 143 Å². The fourth-order valence-corrected chi connectivity index (χ4v) is 2.23. The molecule has 2 aromatic heterocycles. The zero-order valence-electron chi connectivity index (χ0n) is 13.7. The number of hydrogen-bond acceptors (Lipinski definition) is 5. The van der Waals surface area contributed by atoms with Gasteiger partial charge in [-0.25, -0.2) is 19.0 Å². The maximum atomic E-state index is 13.4. The van der Waals surface area contributed by atoms with Gasteiger partial charge in [0.25, 0.3) is 11.9 Å². The summed E-state index contributed by atoms with van der Waals surface area (Å²) in [7, 11) is 0. The number of rotatable bonds is 5. The molecular formula is C17H16FN5O2. The molecule has 3 aromatic rings. The van der Waals surface area contributed by atoms with E-state index in [0.29, 0.717) is 11.6 Å². The topological polar surface area (TPSA) is 81.9 Å². The van der Waals surface area contributed by atoms with Gasteiger partial charge in [-0.05, 0) is 32.0 Å². The van der Waals surface area contributed by atoms with Gasteiger partial charge in [0.05, 0.1) is 23.8 Å². The number of amides is 1. The summed E-state index contributed by atoms with van der Waals surface area (Å²) in [5.41, 5.74) is 2.18. The van der Waals surface area contributed by atoms with Crippen LogP contribution in [0.5, 0.6) is 5.75 Å². The number of aryl methyl sites for hydroxylation is 2. The lowest BCUT2D eigenvalue weighted by Gasteiger charge is -2.08. The molecule has 0 aliphatic carbocycles. The van der Waals surface area contributed by atoms with Crippen LogP contribution in [0.4, 0.5) is 10.1 Å². The summed E-state index contributed by atoms with van der Waals surface area (Å²) in [5.74, 6) is -0.529. The zero-order chi connectivity index (χ0) is 17.8. The third kappa shape index (κ3) is 3.97. The molecule has 1 aromatic carbocycles. The van der Waals surface area contributed by atoms with Gasteiger partial charge < -0.3 is 10.1 Å². The molecule has 7 nitrogen and oxygen atoms in total. The molecule has 0 radical (unpaired) electrons. The maximum absolute atomic E-state index is 13.4. The minimum absolute atomic E-state index is 0.0220. The number of nitrogens with zero attached hydrogens (tertiary/aromatic N) is 4. The maximum Gasteiger partial charge on any atom is 0.262 e. The monoisotopic (exact) mass is 341 g/mol. The first-order chi connectivity index (χ1) is 12.0. The highest BCUT2D eigenvalue weighted by atomic mass is 19.1. The van der Waals surface area contributed by atoms with Crippen molar-refractivity contribution in [3.8, 4) is 11.7 Å². The summed E-state index contributed by atoms with van der Waals surface area (Å²) in [4.78, 5) is 20.2. The third-order valence-corrected chi connectivity index (χ3v) is 3.32. The molecule has 0 unspecified atom stereocenters. The summed E-state index contributed by atoms with van der Waals surface area (Å²) in [5, 5.41) is 6.88. The Morgan fingerprint density at radius 2 is 1.96 bits per heavy atom. The van der Waals surface area contributed by atoms with E-state index in [4.69, 9.17) is 4.74 Å². The van der Waals surface area contributed by atoms with Gasteiger partial charge in [0, 0.05) is 5.69 Å². The van der Waals surface area contributed by atoms with Gasteiger partial charge in [-0.3, -0.25) is 4.79 Å². The molecule has 1 amide bonds. The van der Waals surface area contributed by atoms with Crippen molar-refractivity contribution < 1.29 is 13.9 Å². The standard InChI is InChI=1S/C17H16FN5O2/c1-11-7-12(2)23(22-11)17-19-8-13(9-20-17)21-16(24)10-25-15-6-4-3-5-14(15)18/h3-9H,10H2,1-2H3,(H,21,24). The van der Waals surface area contributed by atoms with E-state index in [0.717, 1.165) is 11.4 Å². The second kappa shape index (κ2) is 7.08. The molecule has 0 spiro atoms. The third-order valence-electron chi connectivity index (χ3n) is 3.32. The summed E-state index contributed by atoms with van der Waals surface area (Å²) in [6.45, 7) is 3.47. The van der Waals surface area contributed by atoms with Crippen LogP contribution < -0.4 is 10.1 Å². The van der Waals surface area contributed by atoms with Crippen LogP contribution in [-0.4, -0.2) is 32.3 Å². The normalized spacial score (nSPS) is 10.5. The van der Waals surface area contributed by atoms with Crippen molar-refractivity contribution in [3.63, 3.8) is 0 Å². The Morgan fingerprint density at radius 1 is 1.24 bits per heavy atom. The van der Waals surface area contributed by atoms with Crippen LogP contribution in [0.3, 0.4) is 0 Å². The molecule has 0 saturated heterocycles. The number of carbonyl (C=O) groups excluding carboxylic acids is 1. The summed E-state index contributed by atoms with van der Waals surface area (Å²) >= 11 is 0.